The standard InChI is InChI=1S/C17H29N5O5SSi/c1-17(2,3)29(5,6)25-8-12-11(27-28(4,23)24)7-13(26-12)22-10-21-14-15(18)19-9-20-16(14)22/h9-13H,7-8H2,1-6H3,(H2,18,19,20)/t11-,12+,13-/m1/s1. The van der Waals surface area contributed by atoms with E-state index >= 15 is 0 Å². The second-order valence-electron chi connectivity index (χ2n) is 8.86. The number of hydrogen-bond acceptors (Lipinski definition) is 9. The number of ether oxygens (including phenoxy) is 1. The lowest BCUT2D eigenvalue weighted by molar-refractivity contribution is -0.0356. The monoisotopic (exact) mass is 443 g/mol. The van der Waals surface area contributed by atoms with Crippen molar-refractivity contribution in [2.45, 2.75) is 63.8 Å². The summed E-state index contributed by atoms with van der Waals surface area (Å²) in [5, 5.41) is 0.0210. The molecule has 1 saturated heterocycles. The number of nitrogens with zero attached hydrogens (tertiary/aromatic N) is 4. The molecule has 0 aliphatic carbocycles. The third-order valence-corrected chi connectivity index (χ3v) is 10.7. The minimum Gasteiger partial charge on any atom is -0.414 e. The van der Waals surface area contributed by atoms with E-state index in [0.717, 1.165) is 6.26 Å². The number of rotatable bonds is 6. The summed E-state index contributed by atoms with van der Waals surface area (Å²) >= 11 is 0. The summed E-state index contributed by atoms with van der Waals surface area (Å²) < 4.78 is 43.0. The molecular formula is C17H29N5O5SSi. The largest absolute Gasteiger partial charge is 0.414 e. The second-order valence-corrected chi connectivity index (χ2v) is 15.3. The summed E-state index contributed by atoms with van der Waals surface area (Å²) in [7, 11) is -5.70. The summed E-state index contributed by atoms with van der Waals surface area (Å²) in [6.07, 6.45) is 2.55. The molecule has 3 heterocycles. The Morgan fingerprint density at radius 2 is 2.00 bits per heavy atom. The van der Waals surface area contributed by atoms with E-state index in [-0.39, 0.29) is 17.5 Å². The average Bonchev–Trinajstić information content (AvgIpc) is 3.15. The fraction of sp³-hybridized carbons (Fsp3) is 0.706. The van der Waals surface area contributed by atoms with Crippen LogP contribution < -0.4 is 5.73 Å². The highest BCUT2D eigenvalue weighted by molar-refractivity contribution is 7.86. The predicted molar refractivity (Wildman–Crippen MR) is 111 cm³/mol. The van der Waals surface area contributed by atoms with Gasteiger partial charge in [-0.3, -0.25) is 8.75 Å². The van der Waals surface area contributed by atoms with Crippen molar-refractivity contribution in [3.63, 3.8) is 0 Å². The number of nitrogens with two attached hydrogens (primary N) is 1. The zero-order valence-corrected chi connectivity index (χ0v) is 19.4. The SMILES string of the molecule is CC(C)(C)[Si](C)(C)OC[C@@H]1O[C@@H](n2cnc3c(N)ncnc32)C[C@H]1OS(C)(=O)=O. The molecule has 0 saturated carbocycles. The average molecular weight is 444 g/mol. The van der Waals surface area contributed by atoms with Gasteiger partial charge in [-0.15, -0.1) is 0 Å². The number of fused-ring (bicyclic) bond motifs is 1. The van der Waals surface area contributed by atoms with Crippen LogP contribution in [0.2, 0.25) is 18.1 Å². The normalized spacial score (nSPS) is 23.7. The Morgan fingerprint density at radius 3 is 2.62 bits per heavy atom. The van der Waals surface area contributed by atoms with Crippen molar-refractivity contribution in [2.75, 3.05) is 18.6 Å². The van der Waals surface area contributed by atoms with Crippen molar-refractivity contribution >= 4 is 35.4 Å². The van der Waals surface area contributed by atoms with Crippen LogP contribution in [0.1, 0.15) is 33.4 Å². The Labute approximate surface area is 172 Å². The maximum absolute atomic E-state index is 11.8. The molecule has 1 aliphatic heterocycles. The van der Waals surface area contributed by atoms with Gasteiger partial charge < -0.3 is 14.9 Å². The fourth-order valence-electron chi connectivity index (χ4n) is 2.93. The summed E-state index contributed by atoms with van der Waals surface area (Å²) in [6.45, 7) is 10.9. The highest BCUT2D eigenvalue weighted by Gasteiger charge is 2.43. The molecule has 3 atom stereocenters. The smallest absolute Gasteiger partial charge is 0.264 e. The van der Waals surface area contributed by atoms with Gasteiger partial charge in [0.1, 0.15) is 30.3 Å². The lowest BCUT2D eigenvalue weighted by atomic mass is 10.2. The van der Waals surface area contributed by atoms with Crippen LogP contribution in [0.3, 0.4) is 0 Å². The molecule has 0 spiro atoms. The van der Waals surface area contributed by atoms with Crippen LogP contribution in [0, 0.1) is 0 Å². The first-order valence-electron chi connectivity index (χ1n) is 9.39. The van der Waals surface area contributed by atoms with Gasteiger partial charge in [0.25, 0.3) is 10.1 Å². The molecule has 1 fully saturated rings. The first-order valence-corrected chi connectivity index (χ1v) is 14.1. The summed E-state index contributed by atoms with van der Waals surface area (Å²) in [5.41, 5.74) is 6.85. The van der Waals surface area contributed by atoms with E-state index in [4.69, 9.17) is 19.1 Å². The molecule has 0 aromatic carbocycles. The fourth-order valence-corrected chi connectivity index (χ4v) is 4.60. The summed E-state index contributed by atoms with van der Waals surface area (Å²) in [4.78, 5) is 12.4. The van der Waals surface area contributed by atoms with Crippen LogP contribution >= 0.6 is 0 Å². The molecule has 3 rings (SSSR count). The quantitative estimate of drug-likeness (QED) is 0.526. The van der Waals surface area contributed by atoms with Crippen molar-refractivity contribution < 1.29 is 21.8 Å². The number of hydrogen-bond donors (Lipinski definition) is 1. The third kappa shape index (κ3) is 4.77. The van der Waals surface area contributed by atoms with Crippen LogP contribution in [0.5, 0.6) is 0 Å². The van der Waals surface area contributed by atoms with Crippen LogP contribution in [0.25, 0.3) is 11.2 Å². The molecule has 29 heavy (non-hydrogen) atoms. The van der Waals surface area contributed by atoms with E-state index in [0.29, 0.717) is 17.6 Å². The van der Waals surface area contributed by atoms with Crippen molar-refractivity contribution in [3.8, 4) is 0 Å². The van der Waals surface area contributed by atoms with Gasteiger partial charge in [0.15, 0.2) is 19.8 Å². The van der Waals surface area contributed by atoms with Crippen LogP contribution in [-0.2, 0) is 23.5 Å². The first-order chi connectivity index (χ1) is 13.3. The molecule has 12 heteroatoms. The van der Waals surface area contributed by atoms with Crippen LogP contribution in [0.15, 0.2) is 12.7 Å². The van der Waals surface area contributed by atoms with Gasteiger partial charge in [-0.05, 0) is 18.1 Å². The van der Waals surface area contributed by atoms with Crippen molar-refractivity contribution in [1.82, 2.24) is 19.5 Å². The van der Waals surface area contributed by atoms with E-state index in [9.17, 15) is 8.42 Å². The zero-order valence-electron chi connectivity index (χ0n) is 17.6. The van der Waals surface area contributed by atoms with E-state index in [2.05, 4.69) is 48.8 Å². The van der Waals surface area contributed by atoms with E-state index in [1.165, 1.54) is 6.33 Å². The molecule has 0 amide bonds. The molecule has 1 aliphatic rings. The number of nitrogen functional groups attached to an aromatic ring is 1. The predicted octanol–water partition coefficient (Wildman–Crippen LogP) is 2.06. The third-order valence-electron chi connectivity index (χ3n) is 5.59. The molecule has 2 aromatic heterocycles. The Balaban J connectivity index is 1.84. The molecule has 2 aromatic rings. The highest BCUT2D eigenvalue weighted by Crippen LogP contribution is 2.39. The van der Waals surface area contributed by atoms with Crippen LogP contribution in [0.4, 0.5) is 5.82 Å². The molecule has 10 nitrogen and oxygen atoms in total. The molecule has 162 valence electrons. The maximum atomic E-state index is 11.8. The zero-order chi connectivity index (χ0) is 21.6. The van der Waals surface area contributed by atoms with Crippen molar-refractivity contribution in [3.05, 3.63) is 12.7 Å². The Hall–Kier alpha value is -1.60. The van der Waals surface area contributed by atoms with E-state index < -0.39 is 36.9 Å². The Bertz CT molecular complexity index is 988. The molecule has 2 N–H and O–H groups in total. The van der Waals surface area contributed by atoms with Gasteiger partial charge in [-0.2, -0.15) is 8.42 Å². The van der Waals surface area contributed by atoms with E-state index in [1.807, 2.05) is 0 Å². The highest BCUT2D eigenvalue weighted by atomic mass is 32.2. The summed E-state index contributed by atoms with van der Waals surface area (Å²) in [6, 6.07) is 0. The topological polar surface area (TPSA) is 131 Å². The molecule has 0 radical (unpaired) electrons. The van der Waals surface area contributed by atoms with Crippen molar-refractivity contribution in [1.29, 1.82) is 0 Å². The lowest BCUT2D eigenvalue weighted by Crippen LogP contribution is -2.44. The molecule has 0 bridgehead atoms. The number of imidazole rings is 1. The van der Waals surface area contributed by atoms with Gasteiger partial charge in [0.2, 0.25) is 0 Å². The number of anilines is 1. The Morgan fingerprint density at radius 1 is 1.31 bits per heavy atom. The molecular weight excluding hydrogens is 414 g/mol. The van der Waals surface area contributed by atoms with Gasteiger partial charge in [0.05, 0.1) is 19.2 Å². The molecule has 0 unspecified atom stereocenters. The van der Waals surface area contributed by atoms with Crippen molar-refractivity contribution in [2.24, 2.45) is 0 Å². The first kappa shape index (κ1) is 22.1. The van der Waals surface area contributed by atoms with Gasteiger partial charge in [0, 0.05) is 6.42 Å². The maximum Gasteiger partial charge on any atom is 0.264 e. The summed E-state index contributed by atoms with van der Waals surface area (Å²) in [5.74, 6) is 0.272. The van der Waals surface area contributed by atoms with Gasteiger partial charge in [-0.25, -0.2) is 15.0 Å². The van der Waals surface area contributed by atoms with Gasteiger partial charge in [-0.1, -0.05) is 20.8 Å². The second kappa shape index (κ2) is 7.58. The van der Waals surface area contributed by atoms with Gasteiger partial charge >= 0.3 is 0 Å². The Kier molecular flexibility index (Phi) is 5.77. The lowest BCUT2D eigenvalue weighted by Gasteiger charge is -2.37. The number of aromatic nitrogens is 4. The van der Waals surface area contributed by atoms with Crippen LogP contribution in [-0.4, -0.2) is 61.3 Å². The van der Waals surface area contributed by atoms with E-state index in [1.54, 1.807) is 10.9 Å². The minimum absolute atomic E-state index is 0.0210. The minimum atomic E-state index is -3.66.